The van der Waals surface area contributed by atoms with Crippen molar-refractivity contribution in [1.29, 1.82) is 0 Å². The van der Waals surface area contributed by atoms with Crippen LogP contribution in [0, 0.1) is 11.8 Å². The molecule has 17 heavy (non-hydrogen) atoms. The Bertz CT molecular complexity index is 364. The zero-order valence-corrected chi connectivity index (χ0v) is 11.1. The molecule has 2 N–H and O–H groups in total. The van der Waals surface area contributed by atoms with Gasteiger partial charge in [-0.1, -0.05) is 38.0 Å². The molecule has 0 aliphatic heterocycles. The first-order valence-electron chi connectivity index (χ1n) is 6.35. The van der Waals surface area contributed by atoms with E-state index in [4.69, 9.17) is 12.2 Å². The van der Waals surface area contributed by atoms with Crippen LogP contribution in [0.25, 0.3) is 0 Å². The predicted octanol–water partition coefficient (Wildman–Crippen LogP) is 3.41. The fourth-order valence-corrected chi connectivity index (χ4v) is 2.65. The van der Waals surface area contributed by atoms with Crippen molar-refractivity contribution in [3.8, 4) is 0 Å². The number of benzene rings is 1. The summed E-state index contributed by atoms with van der Waals surface area (Å²) >= 11 is 5.29. The molecule has 1 saturated carbocycles. The largest absolute Gasteiger partial charge is 0.362 e. The molecule has 1 aliphatic rings. The van der Waals surface area contributed by atoms with Crippen LogP contribution in [0.2, 0.25) is 0 Å². The van der Waals surface area contributed by atoms with Gasteiger partial charge in [-0.15, -0.1) is 0 Å². The van der Waals surface area contributed by atoms with E-state index in [0.29, 0.717) is 0 Å². The monoisotopic (exact) mass is 248 g/mol. The Kier molecular flexibility index (Phi) is 4.37. The van der Waals surface area contributed by atoms with Gasteiger partial charge in [-0.3, -0.25) is 0 Å². The van der Waals surface area contributed by atoms with Crippen molar-refractivity contribution in [2.45, 2.75) is 26.2 Å². The van der Waals surface area contributed by atoms with E-state index in [9.17, 15) is 0 Å². The second-order valence-electron chi connectivity index (χ2n) is 4.87. The maximum absolute atomic E-state index is 5.29. The lowest BCUT2D eigenvalue weighted by Gasteiger charge is -2.17. The van der Waals surface area contributed by atoms with Gasteiger partial charge in [0, 0.05) is 12.2 Å². The quantitative estimate of drug-likeness (QED) is 0.802. The summed E-state index contributed by atoms with van der Waals surface area (Å²) in [6.07, 6.45) is 4.07. The van der Waals surface area contributed by atoms with Gasteiger partial charge in [0.2, 0.25) is 0 Å². The van der Waals surface area contributed by atoms with Crippen LogP contribution in [0.3, 0.4) is 0 Å². The highest BCUT2D eigenvalue weighted by Gasteiger charge is 2.22. The summed E-state index contributed by atoms with van der Waals surface area (Å²) in [5.74, 6) is 1.62. The standard InChI is InChI=1S/C14H20N2S/c1-11-6-5-7-12(11)10-15-14(17)16-13-8-3-2-4-9-13/h2-4,8-9,11-12H,5-7,10H2,1H3,(H2,15,16,17). The lowest BCUT2D eigenvalue weighted by Crippen LogP contribution is -2.33. The molecule has 0 spiro atoms. The molecule has 2 nitrogen and oxygen atoms in total. The fraction of sp³-hybridized carbons (Fsp3) is 0.500. The topological polar surface area (TPSA) is 24.1 Å². The number of thiocarbonyl (C=S) groups is 1. The first-order chi connectivity index (χ1) is 8.25. The summed E-state index contributed by atoms with van der Waals surface area (Å²) in [6.45, 7) is 3.34. The first-order valence-corrected chi connectivity index (χ1v) is 6.76. The first kappa shape index (κ1) is 12.4. The molecule has 2 unspecified atom stereocenters. The zero-order chi connectivity index (χ0) is 12.1. The molecule has 0 heterocycles. The summed E-state index contributed by atoms with van der Waals surface area (Å²) in [4.78, 5) is 0. The molecule has 2 atom stereocenters. The van der Waals surface area contributed by atoms with Crippen molar-refractivity contribution in [3.05, 3.63) is 30.3 Å². The van der Waals surface area contributed by atoms with Crippen molar-refractivity contribution in [1.82, 2.24) is 5.32 Å². The van der Waals surface area contributed by atoms with Crippen LogP contribution in [0.15, 0.2) is 30.3 Å². The Hall–Kier alpha value is -1.09. The minimum atomic E-state index is 0.732. The molecular weight excluding hydrogens is 228 g/mol. The number of para-hydroxylation sites is 1. The fourth-order valence-electron chi connectivity index (χ4n) is 2.45. The number of hydrogen-bond acceptors (Lipinski definition) is 1. The Balaban J connectivity index is 1.74. The van der Waals surface area contributed by atoms with Gasteiger partial charge in [0.15, 0.2) is 5.11 Å². The van der Waals surface area contributed by atoms with Gasteiger partial charge >= 0.3 is 0 Å². The predicted molar refractivity (Wildman–Crippen MR) is 77.2 cm³/mol. The van der Waals surface area contributed by atoms with Crippen molar-refractivity contribution in [3.63, 3.8) is 0 Å². The van der Waals surface area contributed by atoms with Gasteiger partial charge in [0.05, 0.1) is 0 Å². The molecule has 1 fully saturated rings. The Morgan fingerprint density at radius 1 is 1.29 bits per heavy atom. The van der Waals surface area contributed by atoms with Crippen LogP contribution >= 0.6 is 12.2 Å². The van der Waals surface area contributed by atoms with Gasteiger partial charge in [-0.2, -0.15) is 0 Å². The highest BCUT2D eigenvalue weighted by atomic mass is 32.1. The minimum absolute atomic E-state index is 0.732. The van der Waals surface area contributed by atoms with Crippen LogP contribution in [-0.4, -0.2) is 11.7 Å². The van der Waals surface area contributed by atoms with E-state index < -0.39 is 0 Å². The Labute approximate surface area is 109 Å². The molecule has 0 bridgehead atoms. The van der Waals surface area contributed by atoms with Gasteiger partial charge in [0.25, 0.3) is 0 Å². The lowest BCUT2D eigenvalue weighted by atomic mass is 9.98. The van der Waals surface area contributed by atoms with Gasteiger partial charge in [-0.25, -0.2) is 0 Å². The van der Waals surface area contributed by atoms with Gasteiger partial charge < -0.3 is 10.6 Å². The Morgan fingerprint density at radius 2 is 2.06 bits per heavy atom. The molecule has 92 valence electrons. The van der Waals surface area contributed by atoms with Gasteiger partial charge in [-0.05, 0) is 42.6 Å². The van der Waals surface area contributed by atoms with Crippen molar-refractivity contribution < 1.29 is 0 Å². The third-order valence-corrected chi connectivity index (χ3v) is 3.84. The smallest absolute Gasteiger partial charge is 0.170 e. The molecule has 1 aromatic rings. The summed E-state index contributed by atoms with van der Waals surface area (Å²) < 4.78 is 0. The molecular formula is C14H20N2S. The van der Waals surface area contributed by atoms with E-state index in [2.05, 4.69) is 17.6 Å². The van der Waals surface area contributed by atoms with Crippen molar-refractivity contribution in [2.24, 2.45) is 11.8 Å². The molecule has 3 heteroatoms. The Morgan fingerprint density at radius 3 is 2.71 bits per heavy atom. The molecule has 0 radical (unpaired) electrons. The van der Waals surface area contributed by atoms with Crippen molar-refractivity contribution in [2.75, 3.05) is 11.9 Å². The second kappa shape index (κ2) is 6.01. The molecule has 1 aromatic carbocycles. The maximum atomic E-state index is 5.29. The number of rotatable bonds is 3. The summed E-state index contributed by atoms with van der Waals surface area (Å²) in [6, 6.07) is 10.0. The minimum Gasteiger partial charge on any atom is -0.362 e. The SMILES string of the molecule is CC1CCCC1CNC(=S)Nc1ccccc1. The van der Waals surface area contributed by atoms with Crippen LogP contribution in [-0.2, 0) is 0 Å². The molecule has 0 saturated heterocycles. The van der Waals surface area contributed by atoms with Crippen LogP contribution in [0.4, 0.5) is 5.69 Å². The summed E-state index contributed by atoms with van der Waals surface area (Å²) in [7, 11) is 0. The zero-order valence-electron chi connectivity index (χ0n) is 10.3. The van der Waals surface area contributed by atoms with Crippen LogP contribution in [0.5, 0.6) is 0 Å². The van der Waals surface area contributed by atoms with E-state index in [0.717, 1.165) is 29.2 Å². The third kappa shape index (κ3) is 3.70. The van der Waals surface area contributed by atoms with Crippen molar-refractivity contribution >= 4 is 23.0 Å². The molecule has 0 amide bonds. The van der Waals surface area contributed by atoms with E-state index in [-0.39, 0.29) is 0 Å². The number of hydrogen-bond donors (Lipinski definition) is 2. The summed E-state index contributed by atoms with van der Waals surface area (Å²) in [5.41, 5.74) is 1.05. The molecule has 1 aliphatic carbocycles. The maximum Gasteiger partial charge on any atom is 0.170 e. The highest BCUT2D eigenvalue weighted by Crippen LogP contribution is 2.30. The number of anilines is 1. The van der Waals surface area contributed by atoms with Gasteiger partial charge in [0.1, 0.15) is 0 Å². The van der Waals surface area contributed by atoms with E-state index in [1.54, 1.807) is 0 Å². The van der Waals surface area contributed by atoms with E-state index in [1.807, 2.05) is 30.3 Å². The highest BCUT2D eigenvalue weighted by molar-refractivity contribution is 7.80. The third-order valence-electron chi connectivity index (χ3n) is 3.60. The molecule has 0 aromatic heterocycles. The lowest BCUT2D eigenvalue weighted by molar-refractivity contribution is 0.416. The summed E-state index contributed by atoms with van der Waals surface area (Å²) in [5, 5.41) is 7.26. The normalized spacial score (nSPS) is 23.4. The second-order valence-corrected chi connectivity index (χ2v) is 5.28. The van der Waals surface area contributed by atoms with Crippen LogP contribution < -0.4 is 10.6 Å². The van der Waals surface area contributed by atoms with E-state index >= 15 is 0 Å². The average molecular weight is 248 g/mol. The average Bonchev–Trinajstić information content (AvgIpc) is 2.74. The molecule has 2 rings (SSSR count). The van der Waals surface area contributed by atoms with E-state index in [1.165, 1.54) is 19.3 Å². The van der Waals surface area contributed by atoms with Crippen LogP contribution in [0.1, 0.15) is 26.2 Å². The number of nitrogens with one attached hydrogen (secondary N) is 2.